The molecule has 0 radical (unpaired) electrons. The van der Waals surface area contributed by atoms with Gasteiger partial charge in [0.05, 0.1) is 6.54 Å². The quantitative estimate of drug-likeness (QED) is 0.562. The summed E-state index contributed by atoms with van der Waals surface area (Å²) in [5.74, 6) is -0.181. The maximum Gasteiger partial charge on any atom is 0.128 e. The summed E-state index contributed by atoms with van der Waals surface area (Å²) < 4.78 is 17.8. The van der Waals surface area contributed by atoms with Gasteiger partial charge in [-0.15, -0.1) is 0 Å². The first-order valence-corrected chi connectivity index (χ1v) is 7.41. The van der Waals surface area contributed by atoms with E-state index in [1.165, 1.54) is 6.07 Å². The Kier molecular flexibility index (Phi) is 3.46. The van der Waals surface area contributed by atoms with Gasteiger partial charge in [0.15, 0.2) is 0 Å². The van der Waals surface area contributed by atoms with E-state index in [1.54, 1.807) is 6.07 Å². The van der Waals surface area contributed by atoms with Gasteiger partial charge in [-0.25, -0.2) is 4.39 Å². The number of fused-ring (bicyclic) bond motifs is 1. The van der Waals surface area contributed by atoms with Crippen molar-refractivity contribution in [1.29, 1.82) is 0 Å². The van der Waals surface area contributed by atoms with Crippen molar-refractivity contribution < 1.29 is 4.39 Å². The van der Waals surface area contributed by atoms with Crippen molar-refractivity contribution in [3.8, 4) is 0 Å². The molecule has 1 heterocycles. The minimum atomic E-state index is -0.181. The van der Waals surface area contributed by atoms with E-state index in [9.17, 15) is 4.39 Å². The Morgan fingerprint density at radius 1 is 1.05 bits per heavy atom. The van der Waals surface area contributed by atoms with Crippen molar-refractivity contribution in [3.05, 3.63) is 69.0 Å². The molecule has 96 valence electrons. The minimum absolute atomic E-state index is 0.181. The van der Waals surface area contributed by atoms with Gasteiger partial charge in [-0.3, -0.25) is 0 Å². The van der Waals surface area contributed by atoms with E-state index in [0.717, 1.165) is 19.8 Å². The summed E-state index contributed by atoms with van der Waals surface area (Å²) >= 11 is 6.91. The lowest BCUT2D eigenvalue weighted by Gasteiger charge is -2.07. The normalized spacial score (nSPS) is 11.1. The van der Waals surface area contributed by atoms with Crippen LogP contribution >= 0.6 is 31.9 Å². The molecule has 0 amide bonds. The van der Waals surface area contributed by atoms with Crippen molar-refractivity contribution in [2.45, 2.75) is 6.54 Å². The molecule has 1 aromatic heterocycles. The van der Waals surface area contributed by atoms with Gasteiger partial charge in [-0.1, -0.05) is 37.9 Å². The Balaban J connectivity index is 2.06. The van der Waals surface area contributed by atoms with Crippen LogP contribution in [0.2, 0.25) is 0 Å². The summed E-state index contributed by atoms with van der Waals surface area (Å²) in [6, 6.07) is 13.1. The zero-order valence-corrected chi connectivity index (χ0v) is 13.1. The topological polar surface area (TPSA) is 4.93 Å². The molecule has 0 aliphatic carbocycles. The van der Waals surface area contributed by atoms with Crippen LogP contribution < -0.4 is 0 Å². The predicted molar refractivity (Wildman–Crippen MR) is 82.8 cm³/mol. The molecule has 2 aromatic carbocycles. The lowest BCUT2D eigenvalue weighted by atomic mass is 10.2. The van der Waals surface area contributed by atoms with Crippen LogP contribution in [0.5, 0.6) is 0 Å². The summed E-state index contributed by atoms with van der Waals surface area (Å²) in [6.45, 7) is 0.519. The van der Waals surface area contributed by atoms with Crippen molar-refractivity contribution in [1.82, 2.24) is 4.57 Å². The fourth-order valence-electron chi connectivity index (χ4n) is 2.17. The Labute approximate surface area is 127 Å². The molecule has 0 fully saturated rings. The maximum absolute atomic E-state index is 13.8. The molecule has 3 rings (SSSR count). The fourth-order valence-corrected chi connectivity index (χ4v) is 3.07. The van der Waals surface area contributed by atoms with Gasteiger partial charge >= 0.3 is 0 Å². The van der Waals surface area contributed by atoms with Crippen molar-refractivity contribution >= 4 is 42.8 Å². The highest BCUT2D eigenvalue weighted by Crippen LogP contribution is 2.26. The molecule has 3 aromatic rings. The third kappa shape index (κ3) is 2.47. The van der Waals surface area contributed by atoms with Crippen LogP contribution in [0.4, 0.5) is 4.39 Å². The fraction of sp³-hybridized carbons (Fsp3) is 0.0667. The second-order valence-corrected chi connectivity index (χ2v) is 6.12. The van der Waals surface area contributed by atoms with E-state index in [4.69, 9.17) is 0 Å². The van der Waals surface area contributed by atoms with E-state index < -0.39 is 0 Å². The number of hydrogen-bond acceptors (Lipinski definition) is 0. The monoisotopic (exact) mass is 381 g/mol. The largest absolute Gasteiger partial charge is 0.343 e. The zero-order chi connectivity index (χ0) is 13.4. The highest BCUT2D eigenvalue weighted by atomic mass is 79.9. The van der Waals surface area contributed by atoms with Crippen molar-refractivity contribution in [2.24, 2.45) is 0 Å². The Morgan fingerprint density at radius 3 is 2.74 bits per heavy atom. The Hall–Kier alpha value is -1.13. The van der Waals surface area contributed by atoms with E-state index in [0.29, 0.717) is 12.1 Å². The van der Waals surface area contributed by atoms with Gasteiger partial charge in [-0.2, -0.15) is 0 Å². The molecule has 0 spiro atoms. The number of nitrogens with zero attached hydrogens (tertiary/aromatic N) is 1. The minimum Gasteiger partial charge on any atom is -0.343 e. The first kappa shape index (κ1) is 12.9. The molecule has 0 saturated heterocycles. The van der Waals surface area contributed by atoms with Gasteiger partial charge in [0.25, 0.3) is 0 Å². The first-order valence-electron chi connectivity index (χ1n) is 5.82. The van der Waals surface area contributed by atoms with Crippen LogP contribution in [0.15, 0.2) is 57.6 Å². The SMILES string of the molecule is Fc1ccc(Br)cc1Cn1ccc2c(Br)cccc21. The molecule has 0 atom stereocenters. The maximum atomic E-state index is 13.8. The summed E-state index contributed by atoms with van der Waals surface area (Å²) in [5, 5.41) is 1.14. The number of aromatic nitrogens is 1. The molecule has 19 heavy (non-hydrogen) atoms. The third-order valence-corrected chi connectivity index (χ3v) is 4.29. The molecule has 1 nitrogen and oxygen atoms in total. The van der Waals surface area contributed by atoms with Crippen LogP contribution in [0.3, 0.4) is 0 Å². The van der Waals surface area contributed by atoms with E-state index in [-0.39, 0.29) is 5.82 Å². The van der Waals surface area contributed by atoms with Gasteiger partial charge in [0.1, 0.15) is 5.82 Å². The Bertz CT molecular complexity index is 749. The van der Waals surface area contributed by atoms with E-state index >= 15 is 0 Å². The summed E-state index contributed by atoms with van der Waals surface area (Å²) in [7, 11) is 0. The van der Waals surface area contributed by atoms with Crippen molar-refractivity contribution in [3.63, 3.8) is 0 Å². The number of rotatable bonds is 2. The lowest BCUT2D eigenvalue weighted by Crippen LogP contribution is -2.00. The Morgan fingerprint density at radius 2 is 1.89 bits per heavy atom. The predicted octanol–water partition coefficient (Wildman–Crippen LogP) is 5.35. The van der Waals surface area contributed by atoms with Crippen molar-refractivity contribution in [2.75, 3.05) is 0 Å². The van der Waals surface area contributed by atoms with E-state index in [1.807, 2.05) is 41.1 Å². The zero-order valence-electron chi connectivity index (χ0n) is 9.91. The highest BCUT2D eigenvalue weighted by molar-refractivity contribution is 9.11. The molecule has 0 unspecified atom stereocenters. The second kappa shape index (κ2) is 5.10. The van der Waals surface area contributed by atoms with Gasteiger partial charge in [-0.05, 0) is 36.4 Å². The number of benzene rings is 2. The highest BCUT2D eigenvalue weighted by Gasteiger charge is 2.07. The molecule has 0 bridgehead atoms. The average molecular weight is 383 g/mol. The van der Waals surface area contributed by atoms with E-state index in [2.05, 4.69) is 31.9 Å². The summed E-state index contributed by atoms with van der Waals surface area (Å²) in [6.07, 6.45) is 1.98. The number of hydrogen-bond donors (Lipinski definition) is 0. The van der Waals surface area contributed by atoms with Gasteiger partial charge in [0.2, 0.25) is 0 Å². The molecular weight excluding hydrogens is 373 g/mol. The molecule has 4 heteroatoms. The smallest absolute Gasteiger partial charge is 0.128 e. The average Bonchev–Trinajstić information content (AvgIpc) is 2.79. The summed E-state index contributed by atoms with van der Waals surface area (Å²) in [4.78, 5) is 0. The van der Waals surface area contributed by atoms with Gasteiger partial charge < -0.3 is 4.57 Å². The van der Waals surface area contributed by atoms with Crippen LogP contribution in [-0.2, 0) is 6.54 Å². The van der Waals surface area contributed by atoms with Crippen LogP contribution in [-0.4, -0.2) is 4.57 Å². The molecule has 0 saturated carbocycles. The molecule has 0 aliphatic heterocycles. The van der Waals surface area contributed by atoms with Crippen LogP contribution in [0, 0.1) is 5.82 Å². The molecule has 0 N–H and O–H groups in total. The first-order chi connectivity index (χ1) is 9.15. The van der Waals surface area contributed by atoms with Crippen LogP contribution in [0.1, 0.15) is 5.56 Å². The summed E-state index contributed by atoms with van der Waals surface area (Å²) in [5.41, 5.74) is 1.76. The third-order valence-electron chi connectivity index (χ3n) is 3.11. The van der Waals surface area contributed by atoms with Gasteiger partial charge in [0, 0.05) is 31.6 Å². The second-order valence-electron chi connectivity index (χ2n) is 4.35. The number of halogens is 3. The lowest BCUT2D eigenvalue weighted by molar-refractivity contribution is 0.601. The molecular formula is C15H10Br2FN. The standard InChI is InChI=1S/C15H10Br2FN/c16-11-4-5-14(18)10(8-11)9-19-7-6-12-13(17)2-1-3-15(12)19/h1-8H,9H2. The molecule has 0 aliphatic rings. The van der Waals surface area contributed by atoms with Crippen LogP contribution in [0.25, 0.3) is 10.9 Å².